The van der Waals surface area contributed by atoms with Crippen LogP contribution >= 0.6 is 0 Å². The molecule has 2 heteroatoms. The van der Waals surface area contributed by atoms with Crippen molar-refractivity contribution in [3.05, 3.63) is 0 Å². The van der Waals surface area contributed by atoms with Gasteiger partial charge < -0.3 is 0 Å². The van der Waals surface area contributed by atoms with Gasteiger partial charge in [-0.3, -0.25) is 4.99 Å². The molecule has 0 aromatic carbocycles. The SMILES string of the molecule is CCCC.CCCC.CCCC.CCCCCC=NCC.[Sn]. The van der Waals surface area contributed by atoms with Crippen LogP contribution in [0, 0.1) is 0 Å². The zero-order chi connectivity index (χ0) is 17.2. The predicted octanol–water partition coefficient (Wildman–Crippen LogP) is 7.70. The molecule has 0 heterocycles. The maximum absolute atomic E-state index is 4.12. The maximum atomic E-state index is 4.12. The normalized spacial score (nSPS) is 8.55. The molecule has 22 heavy (non-hydrogen) atoms. The van der Waals surface area contributed by atoms with Gasteiger partial charge in [-0.25, -0.2) is 0 Å². The molecule has 0 aliphatic heterocycles. The summed E-state index contributed by atoms with van der Waals surface area (Å²) in [7, 11) is 0. The van der Waals surface area contributed by atoms with E-state index in [4.69, 9.17) is 0 Å². The minimum absolute atomic E-state index is 0. The van der Waals surface area contributed by atoms with E-state index in [1.165, 1.54) is 64.2 Å². The van der Waals surface area contributed by atoms with Gasteiger partial charge in [-0.1, -0.05) is 99.8 Å². The van der Waals surface area contributed by atoms with E-state index in [1.807, 2.05) is 6.21 Å². The van der Waals surface area contributed by atoms with E-state index in [-0.39, 0.29) is 23.9 Å². The molecule has 4 radical (unpaired) electrons. The van der Waals surface area contributed by atoms with Crippen molar-refractivity contribution in [2.45, 2.75) is 120 Å². The largest absolute Gasteiger partial charge is 0.298 e. The van der Waals surface area contributed by atoms with Gasteiger partial charge in [0.25, 0.3) is 0 Å². The number of nitrogens with zero attached hydrogens (tertiary/aromatic N) is 1. The molecular formula is C20H47NSn. The van der Waals surface area contributed by atoms with Gasteiger partial charge in [0, 0.05) is 30.5 Å². The van der Waals surface area contributed by atoms with E-state index >= 15 is 0 Å². The monoisotopic (exact) mass is 421 g/mol. The zero-order valence-electron chi connectivity index (χ0n) is 17.3. The Hall–Kier alpha value is 0.469. The number of hydrogen-bond acceptors (Lipinski definition) is 1. The minimum atomic E-state index is 0. The third-order valence-corrected chi connectivity index (χ3v) is 2.75. The zero-order valence-corrected chi connectivity index (χ0v) is 20.2. The van der Waals surface area contributed by atoms with E-state index in [2.05, 4.69) is 60.4 Å². The average molecular weight is 420 g/mol. The fourth-order valence-electron chi connectivity index (χ4n) is 0.706. The van der Waals surface area contributed by atoms with Crippen molar-refractivity contribution in [1.82, 2.24) is 0 Å². The van der Waals surface area contributed by atoms with Gasteiger partial charge in [-0.15, -0.1) is 0 Å². The molecule has 0 N–H and O–H groups in total. The summed E-state index contributed by atoms with van der Waals surface area (Å²) in [5, 5.41) is 0. The van der Waals surface area contributed by atoms with Gasteiger partial charge in [-0.2, -0.15) is 0 Å². The Morgan fingerprint density at radius 2 is 0.909 bits per heavy atom. The summed E-state index contributed by atoms with van der Waals surface area (Å²) in [5.74, 6) is 0. The average Bonchev–Trinajstić information content (AvgIpc) is 2.55. The first kappa shape index (κ1) is 33.9. The van der Waals surface area contributed by atoms with Crippen LogP contribution in [0.1, 0.15) is 120 Å². The minimum Gasteiger partial charge on any atom is -0.298 e. The molecule has 0 aliphatic rings. The second kappa shape index (κ2) is 49.6. The Kier molecular flexibility index (Phi) is 76.5. The van der Waals surface area contributed by atoms with E-state index in [0.717, 1.165) is 6.54 Å². The van der Waals surface area contributed by atoms with E-state index in [1.54, 1.807) is 0 Å². The summed E-state index contributed by atoms with van der Waals surface area (Å²) < 4.78 is 0. The molecule has 0 amide bonds. The summed E-state index contributed by atoms with van der Waals surface area (Å²) in [5.41, 5.74) is 0. The van der Waals surface area contributed by atoms with Crippen molar-refractivity contribution in [1.29, 1.82) is 0 Å². The molecule has 0 aliphatic carbocycles. The molecule has 0 aromatic rings. The predicted molar refractivity (Wildman–Crippen MR) is 111 cm³/mol. The molecule has 0 atom stereocenters. The Labute approximate surface area is 161 Å². The van der Waals surface area contributed by atoms with Crippen LogP contribution in [-0.4, -0.2) is 36.7 Å². The van der Waals surface area contributed by atoms with Crippen LogP contribution < -0.4 is 0 Å². The van der Waals surface area contributed by atoms with Crippen molar-refractivity contribution in [2.75, 3.05) is 6.54 Å². The van der Waals surface area contributed by atoms with Crippen LogP contribution in [0.4, 0.5) is 0 Å². The first-order valence-electron chi connectivity index (χ1n) is 9.64. The van der Waals surface area contributed by atoms with Crippen molar-refractivity contribution in [3.8, 4) is 0 Å². The topological polar surface area (TPSA) is 12.4 Å². The van der Waals surface area contributed by atoms with Crippen molar-refractivity contribution < 1.29 is 0 Å². The molecule has 1 nitrogen and oxygen atoms in total. The first-order valence-corrected chi connectivity index (χ1v) is 9.64. The van der Waals surface area contributed by atoms with Crippen LogP contribution in [0.5, 0.6) is 0 Å². The molecule has 0 rings (SSSR count). The third-order valence-electron chi connectivity index (χ3n) is 2.75. The molecule has 0 saturated heterocycles. The van der Waals surface area contributed by atoms with Gasteiger partial charge in [0.1, 0.15) is 0 Å². The molecule has 0 fully saturated rings. The van der Waals surface area contributed by atoms with Crippen LogP contribution in [0.2, 0.25) is 0 Å². The number of hydrogen-bond donors (Lipinski definition) is 0. The van der Waals surface area contributed by atoms with Crippen molar-refractivity contribution in [3.63, 3.8) is 0 Å². The van der Waals surface area contributed by atoms with Crippen LogP contribution in [-0.2, 0) is 0 Å². The van der Waals surface area contributed by atoms with E-state index in [0.29, 0.717) is 0 Å². The Morgan fingerprint density at radius 1 is 0.545 bits per heavy atom. The van der Waals surface area contributed by atoms with Crippen LogP contribution in [0.15, 0.2) is 4.99 Å². The number of aliphatic imine (C=N–C) groups is 1. The summed E-state index contributed by atoms with van der Waals surface area (Å²) in [6.45, 7) is 18.3. The maximum Gasteiger partial charge on any atom is 0.0357 e. The summed E-state index contributed by atoms with van der Waals surface area (Å²) in [6, 6.07) is 0. The van der Waals surface area contributed by atoms with Gasteiger partial charge in [0.05, 0.1) is 0 Å². The molecule has 0 spiro atoms. The summed E-state index contributed by atoms with van der Waals surface area (Å²) in [4.78, 5) is 4.12. The van der Waals surface area contributed by atoms with E-state index < -0.39 is 0 Å². The molecule has 0 aromatic heterocycles. The van der Waals surface area contributed by atoms with Crippen molar-refractivity contribution in [2.24, 2.45) is 4.99 Å². The van der Waals surface area contributed by atoms with Crippen LogP contribution in [0.3, 0.4) is 0 Å². The fourth-order valence-corrected chi connectivity index (χ4v) is 0.706. The summed E-state index contributed by atoms with van der Waals surface area (Å²) in [6.07, 6.45) is 15.1. The van der Waals surface area contributed by atoms with E-state index in [9.17, 15) is 0 Å². The van der Waals surface area contributed by atoms with Crippen LogP contribution in [0.25, 0.3) is 0 Å². The Morgan fingerprint density at radius 3 is 1.14 bits per heavy atom. The molecule has 0 bridgehead atoms. The second-order valence-corrected chi connectivity index (χ2v) is 5.18. The number of rotatable bonds is 8. The van der Waals surface area contributed by atoms with Crippen molar-refractivity contribution >= 4 is 30.1 Å². The van der Waals surface area contributed by atoms with Gasteiger partial charge >= 0.3 is 0 Å². The van der Waals surface area contributed by atoms with Gasteiger partial charge in [0.15, 0.2) is 0 Å². The smallest absolute Gasteiger partial charge is 0.0357 e. The first-order chi connectivity index (χ1) is 10.2. The molecule has 136 valence electrons. The molecule has 0 unspecified atom stereocenters. The standard InChI is InChI=1S/C8H17N.3C4H10.Sn/c1-3-5-6-7-8-9-4-2;3*1-3-4-2;/h8H,3-7H2,1-2H3;3*3-4H2,1-2H3;. The van der Waals surface area contributed by atoms with Gasteiger partial charge in [-0.05, 0) is 26.0 Å². The van der Waals surface area contributed by atoms with Gasteiger partial charge in [0.2, 0.25) is 0 Å². The number of unbranched alkanes of at least 4 members (excludes halogenated alkanes) is 6. The Bertz CT molecular complexity index is 120. The molecule has 0 saturated carbocycles. The molecular weight excluding hydrogens is 373 g/mol. The Balaban J connectivity index is -0.0000000632. The summed E-state index contributed by atoms with van der Waals surface area (Å²) >= 11 is 0. The third kappa shape index (κ3) is 86.5. The quantitative estimate of drug-likeness (QED) is 0.217. The second-order valence-electron chi connectivity index (χ2n) is 5.18. The fraction of sp³-hybridized carbons (Fsp3) is 0.950.